The average molecular weight is 445 g/mol. The number of fused-ring (bicyclic) bond motifs is 1. The third kappa shape index (κ3) is 4.85. The summed E-state index contributed by atoms with van der Waals surface area (Å²) >= 11 is 1.75. The normalized spacial score (nSPS) is 19.2. The maximum absolute atomic E-state index is 13.9. The van der Waals surface area contributed by atoms with E-state index in [1.807, 2.05) is 39.3 Å². The summed E-state index contributed by atoms with van der Waals surface area (Å²) in [7, 11) is 0. The van der Waals surface area contributed by atoms with Gasteiger partial charge < -0.3 is 20.9 Å². The van der Waals surface area contributed by atoms with Gasteiger partial charge in [-0.3, -0.25) is 0 Å². The van der Waals surface area contributed by atoms with Crippen molar-refractivity contribution in [2.24, 2.45) is 5.41 Å². The molecule has 1 aliphatic carbocycles. The summed E-state index contributed by atoms with van der Waals surface area (Å²) < 4.78 is 19.9. The van der Waals surface area contributed by atoms with Crippen LogP contribution in [0.25, 0.3) is 10.9 Å². The van der Waals surface area contributed by atoms with Crippen molar-refractivity contribution >= 4 is 39.9 Å². The van der Waals surface area contributed by atoms with E-state index in [0.717, 1.165) is 16.5 Å². The number of thioether (sulfide) groups is 1. The monoisotopic (exact) mass is 444 g/mol. The molecule has 1 heterocycles. The summed E-state index contributed by atoms with van der Waals surface area (Å²) in [5.41, 5.74) is 8.41. The summed E-state index contributed by atoms with van der Waals surface area (Å²) in [6, 6.07) is 7.97. The Labute approximate surface area is 186 Å². The zero-order valence-corrected chi connectivity index (χ0v) is 19.3. The van der Waals surface area contributed by atoms with E-state index < -0.39 is 11.9 Å². The van der Waals surface area contributed by atoms with Crippen molar-refractivity contribution in [1.82, 2.24) is 9.97 Å². The Balaban J connectivity index is 0.000000858. The van der Waals surface area contributed by atoms with E-state index >= 15 is 0 Å². The SMILES string of the molecule is CSC.Cc1cc(N)cc2ncnc(Nc3ccc(F)cc3OC3CC(O)C3(C)C)c12. The molecule has 2 unspecified atom stereocenters. The lowest BCUT2D eigenvalue weighted by Gasteiger charge is -2.48. The lowest BCUT2D eigenvalue weighted by Crippen LogP contribution is -2.56. The minimum Gasteiger partial charge on any atom is -0.487 e. The summed E-state index contributed by atoms with van der Waals surface area (Å²) in [6.07, 6.45) is 5.42. The summed E-state index contributed by atoms with van der Waals surface area (Å²) in [4.78, 5) is 8.65. The molecule has 8 heteroatoms. The number of halogens is 1. The molecule has 0 bridgehead atoms. The molecule has 0 amide bonds. The molecule has 1 saturated carbocycles. The fourth-order valence-corrected chi connectivity index (χ4v) is 3.56. The number of aromatic nitrogens is 2. The standard InChI is InChI=1S/C21H23FN4O2.C2H6S/c1-11-6-13(23)8-15-19(11)20(25-10-24-15)26-14-5-4-12(22)7-16(14)28-18-9-17(27)21(18,2)3;1-3-2/h4-8,10,17-18,27H,9,23H2,1-3H3,(H,24,25,26);1-2H3. The molecule has 0 spiro atoms. The molecule has 0 saturated heterocycles. The molecule has 1 aliphatic rings. The first-order valence-corrected chi connectivity index (χ1v) is 11.6. The maximum Gasteiger partial charge on any atom is 0.146 e. The van der Waals surface area contributed by atoms with E-state index in [1.165, 1.54) is 18.5 Å². The number of anilines is 3. The first-order chi connectivity index (χ1) is 14.7. The number of nitrogens with two attached hydrogens (primary N) is 1. The Hall–Kier alpha value is -2.58. The Morgan fingerprint density at radius 2 is 1.94 bits per heavy atom. The van der Waals surface area contributed by atoms with Crippen LogP contribution in [-0.2, 0) is 0 Å². The number of nitrogen functional groups attached to an aromatic ring is 1. The lowest BCUT2D eigenvalue weighted by atomic mass is 9.66. The Morgan fingerprint density at radius 3 is 2.58 bits per heavy atom. The van der Waals surface area contributed by atoms with Crippen LogP contribution < -0.4 is 15.8 Å². The smallest absolute Gasteiger partial charge is 0.146 e. The van der Waals surface area contributed by atoms with Crippen molar-refractivity contribution in [3.05, 3.63) is 48.0 Å². The number of aryl methyl sites for hydroxylation is 1. The molecule has 4 rings (SSSR count). The van der Waals surface area contributed by atoms with Gasteiger partial charge in [-0.05, 0) is 49.3 Å². The zero-order valence-electron chi connectivity index (χ0n) is 18.4. The van der Waals surface area contributed by atoms with Crippen LogP contribution in [-0.4, -0.2) is 39.8 Å². The second-order valence-electron chi connectivity index (χ2n) is 8.31. The number of benzene rings is 2. The number of aliphatic hydroxyl groups excluding tert-OH is 1. The minimum atomic E-state index is -0.429. The second-order valence-corrected chi connectivity index (χ2v) is 9.12. The predicted octanol–water partition coefficient (Wildman–Crippen LogP) is 4.92. The third-order valence-corrected chi connectivity index (χ3v) is 5.55. The average Bonchev–Trinajstić information content (AvgIpc) is 2.70. The van der Waals surface area contributed by atoms with Gasteiger partial charge in [0.15, 0.2) is 0 Å². The first-order valence-electron chi connectivity index (χ1n) is 9.99. The molecule has 3 aromatic rings. The largest absolute Gasteiger partial charge is 0.487 e. The van der Waals surface area contributed by atoms with Crippen LogP contribution in [0.15, 0.2) is 36.7 Å². The van der Waals surface area contributed by atoms with E-state index in [0.29, 0.717) is 29.4 Å². The molecular weight excluding hydrogens is 415 g/mol. The van der Waals surface area contributed by atoms with Gasteiger partial charge >= 0.3 is 0 Å². The van der Waals surface area contributed by atoms with Gasteiger partial charge in [-0.2, -0.15) is 11.8 Å². The number of hydrogen-bond acceptors (Lipinski definition) is 7. The highest BCUT2D eigenvalue weighted by atomic mass is 32.2. The molecule has 31 heavy (non-hydrogen) atoms. The van der Waals surface area contributed by atoms with Crippen molar-refractivity contribution < 1.29 is 14.2 Å². The van der Waals surface area contributed by atoms with Gasteiger partial charge in [-0.1, -0.05) is 13.8 Å². The van der Waals surface area contributed by atoms with Crippen molar-refractivity contribution in [3.8, 4) is 5.75 Å². The van der Waals surface area contributed by atoms with Gasteiger partial charge in [0.05, 0.1) is 17.3 Å². The topological polar surface area (TPSA) is 93.3 Å². The molecular formula is C23H29FN4O2S. The second kappa shape index (κ2) is 9.28. The quantitative estimate of drug-likeness (QED) is 0.492. The van der Waals surface area contributed by atoms with E-state index in [9.17, 15) is 9.50 Å². The Kier molecular flexibility index (Phi) is 6.91. The van der Waals surface area contributed by atoms with Crippen LogP contribution in [0.5, 0.6) is 5.75 Å². The first kappa shape index (κ1) is 23.1. The van der Waals surface area contributed by atoms with Crippen molar-refractivity contribution in [2.45, 2.75) is 39.4 Å². The lowest BCUT2D eigenvalue weighted by molar-refractivity contribution is -0.134. The van der Waals surface area contributed by atoms with Crippen LogP contribution in [0.4, 0.5) is 21.6 Å². The third-order valence-electron chi connectivity index (χ3n) is 5.55. The summed E-state index contributed by atoms with van der Waals surface area (Å²) in [6.45, 7) is 5.81. The fourth-order valence-electron chi connectivity index (χ4n) is 3.56. The van der Waals surface area contributed by atoms with Crippen molar-refractivity contribution in [2.75, 3.05) is 23.6 Å². The van der Waals surface area contributed by atoms with Gasteiger partial charge in [0.25, 0.3) is 0 Å². The highest BCUT2D eigenvalue weighted by Crippen LogP contribution is 2.44. The van der Waals surface area contributed by atoms with E-state index in [1.54, 1.807) is 23.9 Å². The number of nitrogens with zero attached hydrogens (tertiary/aromatic N) is 2. The van der Waals surface area contributed by atoms with Crippen LogP contribution in [0.1, 0.15) is 25.8 Å². The van der Waals surface area contributed by atoms with Gasteiger partial charge in [-0.15, -0.1) is 0 Å². The number of hydrogen-bond donors (Lipinski definition) is 3. The summed E-state index contributed by atoms with van der Waals surface area (Å²) in [5.74, 6) is 0.575. The highest BCUT2D eigenvalue weighted by Gasteiger charge is 2.49. The Morgan fingerprint density at radius 1 is 1.23 bits per heavy atom. The van der Waals surface area contributed by atoms with Crippen LogP contribution >= 0.6 is 11.8 Å². The summed E-state index contributed by atoms with van der Waals surface area (Å²) in [5, 5.41) is 14.0. The van der Waals surface area contributed by atoms with Gasteiger partial charge in [0.2, 0.25) is 0 Å². The van der Waals surface area contributed by atoms with Crippen molar-refractivity contribution in [1.29, 1.82) is 0 Å². The molecule has 166 valence electrons. The van der Waals surface area contributed by atoms with Crippen molar-refractivity contribution in [3.63, 3.8) is 0 Å². The van der Waals surface area contributed by atoms with E-state index in [4.69, 9.17) is 10.5 Å². The van der Waals surface area contributed by atoms with Gasteiger partial charge in [0.1, 0.15) is 29.8 Å². The number of nitrogens with one attached hydrogen (secondary N) is 1. The molecule has 0 aliphatic heterocycles. The molecule has 2 atom stereocenters. The molecule has 1 fully saturated rings. The molecule has 4 N–H and O–H groups in total. The number of aliphatic hydroxyl groups is 1. The van der Waals surface area contributed by atoms with E-state index in [-0.39, 0.29) is 11.5 Å². The van der Waals surface area contributed by atoms with Crippen LogP contribution in [0.3, 0.4) is 0 Å². The number of rotatable bonds is 4. The van der Waals surface area contributed by atoms with E-state index in [2.05, 4.69) is 15.3 Å². The van der Waals surface area contributed by atoms with Crippen LogP contribution in [0, 0.1) is 18.2 Å². The molecule has 1 aromatic heterocycles. The maximum atomic E-state index is 13.9. The fraction of sp³-hybridized carbons (Fsp3) is 0.391. The number of ether oxygens (including phenoxy) is 1. The zero-order chi connectivity index (χ0) is 22.8. The van der Waals surface area contributed by atoms with Gasteiger partial charge in [0, 0.05) is 29.0 Å². The van der Waals surface area contributed by atoms with Gasteiger partial charge in [-0.25, -0.2) is 14.4 Å². The Bertz CT molecular complexity index is 1080. The highest BCUT2D eigenvalue weighted by molar-refractivity contribution is 7.97. The molecule has 0 radical (unpaired) electrons. The minimum absolute atomic E-state index is 0.200. The molecule has 6 nitrogen and oxygen atoms in total. The van der Waals surface area contributed by atoms with Crippen LogP contribution in [0.2, 0.25) is 0 Å². The predicted molar refractivity (Wildman–Crippen MR) is 127 cm³/mol. The molecule has 2 aromatic carbocycles.